The van der Waals surface area contributed by atoms with Gasteiger partial charge in [0.15, 0.2) is 0 Å². The Kier molecular flexibility index (Phi) is 4.90. The largest absolute Gasteiger partial charge is 0.317 e. The minimum atomic E-state index is 0.949. The summed E-state index contributed by atoms with van der Waals surface area (Å²) < 4.78 is 4.63. The van der Waals surface area contributed by atoms with Crippen LogP contribution >= 0.6 is 0 Å². The lowest BCUT2D eigenvalue weighted by Crippen LogP contribution is -1.99. The molecule has 0 aliphatic carbocycles. The van der Waals surface area contributed by atoms with Crippen molar-refractivity contribution in [2.75, 3.05) is 0 Å². The summed E-state index contributed by atoms with van der Waals surface area (Å²) in [5.41, 5.74) is 7.00. The third kappa shape index (κ3) is 3.31. The highest BCUT2D eigenvalue weighted by atomic mass is 15.1. The zero-order valence-electron chi connectivity index (χ0n) is 22.8. The molecule has 0 bridgehead atoms. The summed E-state index contributed by atoms with van der Waals surface area (Å²) in [5.74, 6) is 0.949. The van der Waals surface area contributed by atoms with Crippen molar-refractivity contribution in [3.63, 3.8) is 0 Å². The predicted octanol–water partition coefficient (Wildman–Crippen LogP) is 10.1. The van der Waals surface area contributed by atoms with Gasteiger partial charge >= 0.3 is 0 Å². The van der Waals surface area contributed by atoms with E-state index in [2.05, 4.69) is 155 Å². The number of para-hydroxylation sites is 2. The maximum absolute atomic E-state index is 5.17. The summed E-state index contributed by atoms with van der Waals surface area (Å²) in [7, 11) is 0. The molecule has 196 valence electrons. The molecule has 0 saturated carbocycles. The Morgan fingerprint density at radius 2 is 1.14 bits per heavy atom. The zero-order chi connectivity index (χ0) is 27.6. The van der Waals surface area contributed by atoms with Crippen molar-refractivity contribution in [2.24, 2.45) is 0 Å². The summed E-state index contributed by atoms with van der Waals surface area (Å²) in [6, 6.07) is 49.9. The fourth-order valence-electron chi connectivity index (χ4n) is 6.66. The van der Waals surface area contributed by atoms with Crippen molar-refractivity contribution >= 4 is 54.3 Å². The smallest absolute Gasteiger partial charge is 0.145 e. The van der Waals surface area contributed by atoms with Gasteiger partial charge in [-0.05, 0) is 64.2 Å². The van der Waals surface area contributed by atoms with E-state index < -0.39 is 0 Å². The second-order valence-corrected chi connectivity index (χ2v) is 10.9. The minimum absolute atomic E-state index is 0.949. The zero-order valence-corrected chi connectivity index (χ0v) is 22.8. The van der Waals surface area contributed by atoms with Crippen LogP contribution < -0.4 is 0 Å². The first-order chi connectivity index (χ1) is 20.8. The van der Waals surface area contributed by atoms with Gasteiger partial charge in [-0.15, -0.1) is 0 Å². The van der Waals surface area contributed by atoms with Crippen LogP contribution in [0.5, 0.6) is 0 Å². The van der Waals surface area contributed by atoms with Crippen LogP contribution in [0.25, 0.3) is 76.9 Å². The lowest BCUT2D eigenvalue weighted by molar-refractivity contribution is 1.10. The molecule has 0 radical (unpaired) electrons. The SMILES string of the molecule is c1ccc(-c2cnc(-n3c4ccccc4c4cc5ccc6c(ccn6-c6ccccc6)c5cc43)c3ccccc23)cc1. The first-order valence-electron chi connectivity index (χ1n) is 14.3. The van der Waals surface area contributed by atoms with Crippen molar-refractivity contribution < 1.29 is 0 Å². The summed E-state index contributed by atoms with van der Waals surface area (Å²) in [6.07, 6.45) is 4.21. The van der Waals surface area contributed by atoms with Crippen LogP contribution in [0.3, 0.4) is 0 Å². The number of pyridine rings is 1. The van der Waals surface area contributed by atoms with E-state index >= 15 is 0 Å². The van der Waals surface area contributed by atoms with E-state index in [1.54, 1.807) is 0 Å². The maximum Gasteiger partial charge on any atom is 0.145 e. The lowest BCUT2D eigenvalue weighted by atomic mass is 10.0. The monoisotopic (exact) mass is 535 g/mol. The molecule has 0 fully saturated rings. The first-order valence-corrected chi connectivity index (χ1v) is 14.3. The van der Waals surface area contributed by atoms with Crippen molar-refractivity contribution in [2.45, 2.75) is 0 Å². The number of benzene rings is 6. The molecule has 0 spiro atoms. The van der Waals surface area contributed by atoms with E-state index in [0.717, 1.165) is 33.5 Å². The minimum Gasteiger partial charge on any atom is -0.317 e. The van der Waals surface area contributed by atoms with E-state index in [4.69, 9.17) is 4.98 Å². The summed E-state index contributed by atoms with van der Waals surface area (Å²) >= 11 is 0. The number of fused-ring (bicyclic) bond motifs is 7. The van der Waals surface area contributed by atoms with Crippen LogP contribution in [0.4, 0.5) is 0 Å². The Balaban J connectivity index is 1.37. The van der Waals surface area contributed by atoms with E-state index in [-0.39, 0.29) is 0 Å². The van der Waals surface area contributed by atoms with Gasteiger partial charge in [-0.1, -0.05) is 97.1 Å². The average molecular weight is 536 g/mol. The van der Waals surface area contributed by atoms with E-state index in [1.807, 2.05) is 6.20 Å². The number of hydrogen-bond donors (Lipinski definition) is 0. The van der Waals surface area contributed by atoms with Crippen LogP contribution in [-0.2, 0) is 0 Å². The van der Waals surface area contributed by atoms with Gasteiger partial charge in [0.25, 0.3) is 0 Å². The lowest BCUT2D eigenvalue weighted by Gasteiger charge is -2.14. The fraction of sp³-hybridized carbons (Fsp3) is 0. The Labute approximate surface area is 242 Å². The molecule has 9 aromatic rings. The second-order valence-electron chi connectivity index (χ2n) is 10.9. The van der Waals surface area contributed by atoms with Crippen LogP contribution in [-0.4, -0.2) is 14.1 Å². The standard InChI is InChI=1S/C39H25N3/c1-3-11-26(12-4-1)35-25-40-39(32-17-8-7-15-29(32)35)42-37-18-10-9-16-30(37)34-23-27-19-20-36-31(33(27)24-38(34)42)21-22-41(36)28-13-5-2-6-14-28/h1-25H. The van der Waals surface area contributed by atoms with Crippen LogP contribution in [0.15, 0.2) is 152 Å². The number of aromatic nitrogens is 3. The quantitative estimate of drug-likeness (QED) is 0.221. The molecule has 9 rings (SSSR count). The molecule has 42 heavy (non-hydrogen) atoms. The molecule has 6 aromatic carbocycles. The van der Waals surface area contributed by atoms with Crippen LogP contribution in [0.2, 0.25) is 0 Å². The number of rotatable bonds is 3. The van der Waals surface area contributed by atoms with E-state index in [0.29, 0.717) is 0 Å². The molecule has 0 saturated heterocycles. The molecular formula is C39H25N3. The van der Waals surface area contributed by atoms with Gasteiger partial charge in [0, 0.05) is 45.2 Å². The Hall–Kier alpha value is -5.67. The molecule has 0 aliphatic heterocycles. The summed E-state index contributed by atoms with van der Waals surface area (Å²) in [4.78, 5) is 5.17. The highest BCUT2D eigenvalue weighted by molar-refractivity contribution is 6.18. The van der Waals surface area contributed by atoms with Gasteiger partial charge in [-0.25, -0.2) is 4.98 Å². The van der Waals surface area contributed by atoms with Crippen molar-refractivity contribution in [1.29, 1.82) is 0 Å². The van der Waals surface area contributed by atoms with Crippen LogP contribution in [0, 0.1) is 0 Å². The average Bonchev–Trinajstić information content (AvgIpc) is 3.64. The molecule has 3 nitrogen and oxygen atoms in total. The Bertz CT molecular complexity index is 2450. The molecule has 3 heterocycles. The normalized spacial score (nSPS) is 11.8. The van der Waals surface area contributed by atoms with Crippen molar-refractivity contribution in [3.05, 3.63) is 152 Å². The molecule has 0 amide bonds. The Morgan fingerprint density at radius 1 is 0.452 bits per heavy atom. The Morgan fingerprint density at radius 3 is 1.98 bits per heavy atom. The molecular weight excluding hydrogens is 510 g/mol. The highest BCUT2D eigenvalue weighted by Gasteiger charge is 2.18. The third-order valence-corrected chi connectivity index (χ3v) is 8.59. The second kappa shape index (κ2) is 8.92. The molecule has 3 aromatic heterocycles. The van der Waals surface area contributed by atoms with Gasteiger partial charge in [0.1, 0.15) is 5.82 Å². The number of hydrogen-bond acceptors (Lipinski definition) is 1. The predicted molar refractivity (Wildman–Crippen MR) is 176 cm³/mol. The molecule has 0 atom stereocenters. The first kappa shape index (κ1) is 23.1. The molecule has 3 heteroatoms. The third-order valence-electron chi connectivity index (χ3n) is 8.59. The van der Waals surface area contributed by atoms with Crippen molar-refractivity contribution in [1.82, 2.24) is 14.1 Å². The maximum atomic E-state index is 5.17. The van der Waals surface area contributed by atoms with Gasteiger partial charge in [-0.3, -0.25) is 4.57 Å². The van der Waals surface area contributed by atoms with E-state index in [1.165, 1.54) is 43.4 Å². The van der Waals surface area contributed by atoms with Gasteiger partial charge < -0.3 is 4.57 Å². The number of nitrogens with zero attached hydrogens (tertiary/aromatic N) is 3. The highest BCUT2D eigenvalue weighted by Crippen LogP contribution is 2.39. The fourth-order valence-corrected chi connectivity index (χ4v) is 6.66. The molecule has 0 N–H and O–H groups in total. The van der Waals surface area contributed by atoms with Gasteiger partial charge in [0.05, 0.1) is 16.6 Å². The van der Waals surface area contributed by atoms with Gasteiger partial charge in [0.2, 0.25) is 0 Å². The molecule has 0 aliphatic rings. The van der Waals surface area contributed by atoms with Crippen LogP contribution in [0.1, 0.15) is 0 Å². The summed E-state index contributed by atoms with van der Waals surface area (Å²) in [5, 5.41) is 8.52. The van der Waals surface area contributed by atoms with Gasteiger partial charge in [-0.2, -0.15) is 0 Å². The van der Waals surface area contributed by atoms with E-state index in [9.17, 15) is 0 Å². The summed E-state index contributed by atoms with van der Waals surface area (Å²) in [6.45, 7) is 0. The topological polar surface area (TPSA) is 22.8 Å². The molecule has 0 unspecified atom stereocenters. The van der Waals surface area contributed by atoms with Crippen molar-refractivity contribution in [3.8, 4) is 22.6 Å².